The number of hydrogen-bond acceptors (Lipinski definition) is 3. The first kappa shape index (κ1) is 15.2. The molecule has 0 aliphatic rings. The summed E-state index contributed by atoms with van der Waals surface area (Å²) in [5.74, 6) is -0.393. The zero-order valence-electron chi connectivity index (χ0n) is 9.92. The Morgan fingerprint density at radius 3 is 2.56 bits per heavy atom. The van der Waals surface area contributed by atoms with Gasteiger partial charge in [-0.3, -0.25) is 0 Å². The molecule has 0 aromatic carbocycles. The lowest BCUT2D eigenvalue weighted by Gasteiger charge is -2.22. The first-order valence-electron chi connectivity index (χ1n) is 5.35. The van der Waals surface area contributed by atoms with Crippen molar-refractivity contribution in [1.82, 2.24) is 4.98 Å². The molecule has 0 saturated heterocycles. The smallest absolute Gasteiger partial charge is 0.396 e. The molecule has 2 N–H and O–H groups in total. The van der Waals surface area contributed by atoms with Gasteiger partial charge in [0.2, 0.25) is 0 Å². The minimum atomic E-state index is -4.47. The van der Waals surface area contributed by atoms with Crippen molar-refractivity contribution in [2.45, 2.75) is 26.1 Å². The Kier molecular flexibility index (Phi) is 4.98. The second kappa shape index (κ2) is 5.88. The summed E-state index contributed by atoms with van der Waals surface area (Å²) in [6.45, 7) is 3.33. The zero-order chi connectivity index (χ0) is 13.9. The number of aromatic nitrogens is 1. The normalized spacial score (nSPS) is 15.3. The molecular formula is C11H14BrF3N2O. The fourth-order valence-electron chi connectivity index (χ4n) is 1.29. The van der Waals surface area contributed by atoms with Crippen molar-refractivity contribution in [2.24, 2.45) is 5.92 Å². The molecule has 18 heavy (non-hydrogen) atoms. The van der Waals surface area contributed by atoms with Crippen molar-refractivity contribution in [1.29, 1.82) is 0 Å². The topological polar surface area (TPSA) is 45.1 Å². The molecular weight excluding hydrogens is 313 g/mol. The largest absolute Gasteiger partial charge is 0.419 e. The molecule has 7 heteroatoms. The minimum Gasteiger partial charge on any atom is -0.396 e. The molecule has 0 radical (unpaired) electrons. The summed E-state index contributed by atoms with van der Waals surface area (Å²) in [5, 5.41) is 11.6. The van der Waals surface area contributed by atoms with E-state index in [-0.39, 0.29) is 28.9 Å². The van der Waals surface area contributed by atoms with Gasteiger partial charge in [-0.25, -0.2) is 4.98 Å². The molecule has 0 amide bonds. The predicted octanol–water partition coefficient (Wildman–Crippen LogP) is 3.29. The number of rotatable bonds is 4. The summed E-state index contributed by atoms with van der Waals surface area (Å²) < 4.78 is 38.7. The van der Waals surface area contributed by atoms with Gasteiger partial charge in [-0.1, -0.05) is 6.92 Å². The highest BCUT2D eigenvalue weighted by molar-refractivity contribution is 9.10. The number of aliphatic hydroxyl groups excluding tert-OH is 1. The van der Waals surface area contributed by atoms with E-state index in [1.807, 2.05) is 0 Å². The van der Waals surface area contributed by atoms with Gasteiger partial charge in [0.25, 0.3) is 0 Å². The average molecular weight is 327 g/mol. The number of aliphatic hydroxyl groups is 1. The van der Waals surface area contributed by atoms with E-state index in [0.717, 1.165) is 6.07 Å². The molecule has 2 unspecified atom stereocenters. The van der Waals surface area contributed by atoms with E-state index >= 15 is 0 Å². The molecule has 0 saturated carbocycles. The lowest BCUT2D eigenvalue weighted by Crippen LogP contribution is -2.28. The van der Waals surface area contributed by atoms with Crippen LogP contribution in [-0.2, 0) is 6.18 Å². The van der Waals surface area contributed by atoms with Crippen molar-refractivity contribution in [3.05, 3.63) is 22.3 Å². The molecule has 0 fully saturated rings. The van der Waals surface area contributed by atoms with Gasteiger partial charge in [-0.15, -0.1) is 0 Å². The van der Waals surface area contributed by atoms with Crippen LogP contribution >= 0.6 is 15.9 Å². The summed E-state index contributed by atoms with van der Waals surface area (Å²) in [7, 11) is 0. The Hall–Kier alpha value is -0.820. The third-order valence-corrected chi connectivity index (χ3v) is 3.10. The van der Waals surface area contributed by atoms with Crippen molar-refractivity contribution in [3.63, 3.8) is 0 Å². The standard InChI is InChI=1S/C11H14BrF3N2O/c1-6(5-18)7(2)17-10-9(11(13,14)15)3-8(12)4-16-10/h3-4,6-7,18H,5H2,1-2H3,(H,16,17). The van der Waals surface area contributed by atoms with Crippen molar-refractivity contribution in [2.75, 3.05) is 11.9 Å². The third kappa shape index (κ3) is 3.84. The minimum absolute atomic E-state index is 0.105. The Morgan fingerprint density at radius 1 is 1.44 bits per heavy atom. The van der Waals surface area contributed by atoms with Gasteiger partial charge >= 0.3 is 6.18 Å². The Labute approximate surface area is 112 Å². The van der Waals surface area contributed by atoms with E-state index in [1.54, 1.807) is 13.8 Å². The average Bonchev–Trinajstić information content (AvgIpc) is 2.28. The highest BCUT2D eigenvalue weighted by atomic mass is 79.9. The van der Waals surface area contributed by atoms with E-state index in [4.69, 9.17) is 5.11 Å². The summed E-state index contributed by atoms with van der Waals surface area (Å²) in [5.41, 5.74) is -0.825. The molecule has 3 nitrogen and oxygen atoms in total. The predicted molar refractivity (Wildman–Crippen MR) is 66.3 cm³/mol. The highest BCUT2D eigenvalue weighted by Crippen LogP contribution is 2.35. The molecule has 0 bridgehead atoms. The molecule has 1 aromatic heterocycles. The van der Waals surface area contributed by atoms with Gasteiger partial charge in [0, 0.05) is 23.3 Å². The molecule has 0 aliphatic carbocycles. The van der Waals surface area contributed by atoms with Gasteiger partial charge in [0.05, 0.1) is 5.56 Å². The van der Waals surface area contributed by atoms with Crippen LogP contribution in [0.25, 0.3) is 0 Å². The Morgan fingerprint density at radius 2 is 2.06 bits per heavy atom. The summed E-state index contributed by atoms with van der Waals surface area (Å²) in [4.78, 5) is 3.74. The Balaban J connectivity index is 3.02. The summed E-state index contributed by atoms with van der Waals surface area (Å²) >= 11 is 2.97. The van der Waals surface area contributed by atoms with Crippen LogP contribution in [0.15, 0.2) is 16.7 Å². The van der Waals surface area contributed by atoms with Gasteiger partial charge in [0.15, 0.2) is 0 Å². The van der Waals surface area contributed by atoms with E-state index < -0.39 is 11.7 Å². The first-order chi connectivity index (χ1) is 8.25. The summed E-state index contributed by atoms with van der Waals surface area (Å²) in [6, 6.07) is 0.663. The van der Waals surface area contributed by atoms with Crippen molar-refractivity contribution >= 4 is 21.7 Å². The SMILES string of the molecule is CC(CO)C(C)Nc1ncc(Br)cc1C(F)(F)F. The maximum Gasteiger partial charge on any atom is 0.419 e. The lowest BCUT2D eigenvalue weighted by atomic mass is 10.0. The van der Waals surface area contributed by atoms with E-state index in [1.165, 1.54) is 6.20 Å². The lowest BCUT2D eigenvalue weighted by molar-refractivity contribution is -0.137. The van der Waals surface area contributed by atoms with Crippen LogP contribution in [0, 0.1) is 5.92 Å². The fourth-order valence-corrected chi connectivity index (χ4v) is 1.62. The van der Waals surface area contributed by atoms with Crippen molar-refractivity contribution < 1.29 is 18.3 Å². The number of halogens is 4. The van der Waals surface area contributed by atoms with Crippen molar-refractivity contribution in [3.8, 4) is 0 Å². The first-order valence-corrected chi connectivity index (χ1v) is 6.15. The van der Waals surface area contributed by atoms with Crippen LogP contribution < -0.4 is 5.32 Å². The number of nitrogens with one attached hydrogen (secondary N) is 1. The van der Waals surface area contributed by atoms with Crippen LogP contribution in [0.2, 0.25) is 0 Å². The number of hydrogen-bond donors (Lipinski definition) is 2. The highest BCUT2D eigenvalue weighted by Gasteiger charge is 2.35. The van der Waals surface area contributed by atoms with E-state index in [9.17, 15) is 13.2 Å². The van der Waals surface area contributed by atoms with Crippen LogP contribution in [0.1, 0.15) is 19.4 Å². The Bertz CT molecular complexity index is 412. The number of pyridine rings is 1. The van der Waals surface area contributed by atoms with E-state index in [0.29, 0.717) is 0 Å². The molecule has 2 atom stereocenters. The van der Waals surface area contributed by atoms with Gasteiger partial charge < -0.3 is 10.4 Å². The second-order valence-electron chi connectivity index (χ2n) is 4.14. The maximum absolute atomic E-state index is 12.8. The van der Waals surface area contributed by atoms with Gasteiger partial charge in [-0.05, 0) is 34.8 Å². The number of anilines is 1. The molecule has 1 heterocycles. The van der Waals surface area contributed by atoms with Crippen LogP contribution in [0.5, 0.6) is 0 Å². The second-order valence-corrected chi connectivity index (χ2v) is 5.06. The maximum atomic E-state index is 12.8. The van der Waals surface area contributed by atoms with Crippen LogP contribution in [0.4, 0.5) is 19.0 Å². The van der Waals surface area contributed by atoms with Crippen LogP contribution in [-0.4, -0.2) is 22.7 Å². The summed E-state index contributed by atoms with van der Waals surface area (Å²) in [6.07, 6.45) is -3.17. The number of nitrogens with zero attached hydrogens (tertiary/aromatic N) is 1. The number of alkyl halides is 3. The third-order valence-electron chi connectivity index (χ3n) is 2.67. The van der Waals surface area contributed by atoms with Gasteiger partial charge in [-0.2, -0.15) is 13.2 Å². The molecule has 1 rings (SSSR count). The monoisotopic (exact) mass is 326 g/mol. The van der Waals surface area contributed by atoms with Gasteiger partial charge in [0.1, 0.15) is 5.82 Å². The zero-order valence-corrected chi connectivity index (χ0v) is 11.5. The molecule has 0 spiro atoms. The molecule has 0 aliphatic heterocycles. The fraction of sp³-hybridized carbons (Fsp3) is 0.545. The quantitative estimate of drug-likeness (QED) is 0.892. The van der Waals surface area contributed by atoms with Crippen LogP contribution in [0.3, 0.4) is 0 Å². The molecule has 102 valence electrons. The molecule has 1 aromatic rings. The van der Waals surface area contributed by atoms with E-state index in [2.05, 4.69) is 26.2 Å².